The summed E-state index contributed by atoms with van der Waals surface area (Å²) in [7, 11) is 0. The summed E-state index contributed by atoms with van der Waals surface area (Å²) >= 11 is 1.70. The first-order valence-electron chi connectivity index (χ1n) is 3.38. The number of nitro groups is 1. The summed E-state index contributed by atoms with van der Waals surface area (Å²) in [5, 5.41) is 10.5. The van der Waals surface area contributed by atoms with Crippen molar-refractivity contribution in [2.75, 3.05) is 0 Å². The summed E-state index contributed by atoms with van der Waals surface area (Å²) in [6.07, 6.45) is 0. The Bertz CT molecular complexity index is 357. The quantitative estimate of drug-likeness (QED) is 0.514. The zero-order chi connectivity index (χ0) is 10.0. The van der Waals surface area contributed by atoms with Gasteiger partial charge in [-0.1, -0.05) is 0 Å². The van der Waals surface area contributed by atoms with Crippen molar-refractivity contribution in [3.63, 3.8) is 0 Å². The fourth-order valence-electron chi connectivity index (χ4n) is 0.911. The second-order valence-corrected chi connectivity index (χ2v) is 3.52. The molecule has 1 rings (SSSR count). The minimum absolute atomic E-state index is 0.0375. The molecule has 4 nitrogen and oxygen atoms in total. The van der Waals surface area contributed by atoms with Crippen LogP contribution >= 0.6 is 22.6 Å². The Hall–Kier alpha value is -0.760. The summed E-state index contributed by atoms with van der Waals surface area (Å²) in [5.74, 6) is -0.480. The van der Waals surface area contributed by atoms with E-state index in [1.807, 2.05) is 0 Å². The van der Waals surface area contributed by atoms with Gasteiger partial charge in [-0.05, 0) is 28.7 Å². The van der Waals surface area contributed by atoms with Gasteiger partial charge in [-0.2, -0.15) is 0 Å². The zero-order valence-corrected chi connectivity index (χ0v) is 8.62. The number of rotatable bonds is 2. The minimum atomic E-state index is -0.566. The van der Waals surface area contributed by atoms with Crippen LogP contribution in [0.3, 0.4) is 0 Å². The van der Waals surface area contributed by atoms with Gasteiger partial charge in [-0.15, -0.1) is 0 Å². The molecule has 2 N–H and O–H groups in total. The third kappa shape index (κ3) is 2.13. The topological polar surface area (TPSA) is 69.2 Å². The minimum Gasteiger partial charge on any atom is -0.326 e. The average molecular weight is 296 g/mol. The van der Waals surface area contributed by atoms with Gasteiger partial charge < -0.3 is 5.73 Å². The summed E-state index contributed by atoms with van der Waals surface area (Å²) in [5.41, 5.74) is 5.31. The van der Waals surface area contributed by atoms with E-state index in [0.717, 1.165) is 6.07 Å². The number of nitrogens with zero attached hydrogens (tertiary/aromatic N) is 1. The van der Waals surface area contributed by atoms with Gasteiger partial charge in [0.25, 0.3) is 5.69 Å². The van der Waals surface area contributed by atoms with E-state index in [2.05, 4.69) is 0 Å². The van der Waals surface area contributed by atoms with Crippen LogP contribution in [-0.2, 0) is 6.54 Å². The number of nitro benzene ring substituents is 1. The Kier molecular flexibility index (Phi) is 3.15. The van der Waals surface area contributed by atoms with E-state index in [0.29, 0.717) is 0 Å². The predicted octanol–water partition coefficient (Wildman–Crippen LogP) is 1.80. The molecule has 70 valence electrons. The molecule has 0 saturated carbocycles. The van der Waals surface area contributed by atoms with Gasteiger partial charge in [-0.3, -0.25) is 10.1 Å². The second-order valence-electron chi connectivity index (χ2n) is 2.36. The van der Waals surface area contributed by atoms with E-state index >= 15 is 0 Å². The van der Waals surface area contributed by atoms with Gasteiger partial charge in [0, 0.05) is 18.2 Å². The van der Waals surface area contributed by atoms with Crippen LogP contribution in [0.5, 0.6) is 0 Å². The summed E-state index contributed by atoms with van der Waals surface area (Å²) < 4.78 is 13.1. The number of hydrogen-bond acceptors (Lipinski definition) is 3. The lowest BCUT2D eigenvalue weighted by Gasteiger charge is -2.01. The van der Waals surface area contributed by atoms with Gasteiger partial charge in [0.05, 0.1) is 8.49 Å². The molecular weight excluding hydrogens is 290 g/mol. The highest BCUT2D eigenvalue weighted by molar-refractivity contribution is 14.1. The molecule has 1 aromatic carbocycles. The maximum atomic E-state index is 12.9. The van der Waals surface area contributed by atoms with Crippen molar-refractivity contribution in [2.45, 2.75) is 6.54 Å². The van der Waals surface area contributed by atoms with E-state index in [9.17, 15) is 14.5 Å². The van der Waals surface area contributed by atoms with Gasteiger partial charge in [0.2, 0.25) is 0 Å². The molecule has 0 aliphatic rings. The maximum absolute atomic E-state index is 12.9. The Morgan fingerprint density at radius 1 is 1.62 bits per heavy atom. The van der Waals surface area contributed by atoms with Crippen molar-refractivity contribution in [2.24, 2.45) is 5.73 Å². The molecule has 0 spiro atoms. The van der Waals surface area contributed by atoms with Crippen molar-refractivity contribution in [1.82, 2.24) is 0 Å². The molecule has 0 aliphatic heterocycles. The molecular formula is C7H6FIN2O2. The molecule has 1 aromatic rings. The SMILES string of the molecule is NCc1cc(F)c(I)cc1[N+](=O)[O-]. The zero-order valence-electron chi connectivity index (χ0n) is 6.46. The lowest BCUT2D eigenvalue weighted by molar-refractivity contribution is -0.385. The monoisotopic (exact) mass is 296 g/mol. The summed E-state index contributed by atoms with van der Waals surface area (Å²) in [6, 6.07) is 2.28. The number of benzene rings is 1. The number of halogens is 2. The summed E-state index contributed by atoms with van der Waals surface area (Å²) in [6.45, 7) is -0.0375. The molecule has 0 amide bonds. The largest absolute Gasteiger partial charge is 0.326 e. The Labute approximate surface area is 87.2 Å². The van der Waals surface area contributed by atoms with E-state index in [-0.39, 0.29) is 21.4 Å². The van der Waals surface area contributed by atoms with Crippen molar-refractivity contribution < 1.29 is 9.31 Å². The first kappa shape index (κ1) is 10.3. The van der Waals surface area contributed by atoms with Gasteiger partial charge in [0.15, 0.2) is 0 Å². The van der Waals surface area contributed by atoms with Crippen LogP contribution in [0.15, 0.2) is 12.1 Å². The first-order valence-corrected chi connectivity index (χ1v) is 4.46. The molecule has 0 atom stereocenters. The molecule has 0 bridgehead atoms. The first-order chi connectivity index (χ1) is 6.06. The maximum Gasteiger partial charge on any atom is 0.275 e. The van der Waals surface area contributed by atoms with Crippen molar-refractivity contribution in [3.8, 4) is 0 Å². The highest BCUT2D eigenvalue weighted by atomic mass is 127. The highest BCUT2D eigenvalue weighted by Gasteiger charge is 2.15. The number of hydrogen-bond donors (Lipinski definition) is 1. The lowest BCUT2D eigenvalue weighted by atomic mass is 10.2. The van der Waals surface area contributed by atoms with Gasteiger partial charge >= 0.3 is 0 Å². The molecule has 0 unspecified atom stereocenters. The standard InChI is InChI=1S/C7H6FIN2O2/c8-5-1-4(3-10)7(11(12)13)2-6(5)9/h1-2H,3,10H2. The van der Waals surface area contributed by atoms with Crippen LogP contribution in [0, 0.1) is 19.5 Å². The van der Waals surface area contributed by atoms with E-state index in [1.54, 1.807) is 22.6 Å². The van der Waals surface area contributed by atoms with Crippen LogP contribution in [0.2, 0.25) is 0 Å². The molecule has 0 radical (unpaired) electrons. The van der Waals surface area contributed by atoms with Crippen molar-refractivity contribution in [1.29, 1.82) is 0 Å². The molecule has 0 fully saturated rings. The Morgan fingerprint density at radius 2 is 2.23 bits per heavy atom. The van der Waals surface area contributed by atoms with Crippen LogP contribution in [-0.4, -0.2) is 4.92 Å². The molecule has 0 aromatic heterocycles. The Balaban J connectivity index is 3.33. The van der Waals surface area contributed by atoms with E-state index in [4.69, 9.17) is 5.73 Å². The molecule has 0 aliphatic carbocycles. The van der Waals surface area contributed by atoms with Crippen LogP contribution in [0.1, 0.15) is 5.56 Å². The number of nitrogens with two attached hydrogens (primary N) is 1. The second kappa shape index (κ2) is 3.97. The van der Waals surface area contributed by atoms with Gasteiger partial charge in [0.1, 0.15) is 5.82 Å². The average Bonchev–Trinajstić information content (AvgIpc) is 2.08. The molecule has 0 saturated heterocycles. The smallest absolute Gasteiger partial charge is 0.275 e. The highest BCUT2D eigenvalue weighted by Crippen LogP contribution is 2.23. The van der Waals surface area contributed by atoms with Crippen LogP contribution in [0.4, 0.5) is 10.1 Å². The third-order valence-electron chi connectivity index (χ3n) is 1.54. The van der Waals surface area contributed by atoms with E-state index < -0.39 is 10.7 Å². The Morgan fingerprint density at radius 3 is 2.69 bits per heavy atom. The lowest BCUT2D eigenvalue weighted by Crippen LogP contribution is -2.03. The third-order valence-corrected chi connectivity index (χ3v) is 2.36. The normalized spacial score (nSPS) is 10.1. The van der Waals surface area contributed by atoms with Crippen molar-refractivity contribution in [3.05, 3.63) is 37.2 Å². The van der Waals surface area contributed by atoms with Gasteiger partial charge in [-0.25, -0.2) is 4.39 Å². The van der Waals surface area contributed by atoms with E-state index in [1.165, 1.54) is 6.07 Å². The molecule has 13 heavy (non-hydrogen) atoms. The van der Waals surface area contributed by atoms with Crippen molar-refractivity contribution >= 4 is 28.3 Å². The molecule has 0 heterocycles. The fraction of sp³-hybridized carbons (Fsp3) is 0.143. The fourth-order valence-corrected chi connectivity index (χ4v) is 1.36. The van der Waals surface area contributed by atoms with Crippen LogP contribution < -0.4 is 5.73 Å². The molecule has 6 heteroatoms. The predicted molar refractivity (Wildman–Crippen MR) is 53.7 cm³/mol. The van der Waals surface area contributed by atoms with Crippen LogP contribution in [0.25, 0.3) is 0 Å². The summed E-state index contributed by atoms with van der Waals surface area (Å²) in [4.78, 5) is 9.90.